The van der Waals surface area contributed by atoms with Crippen molar-refractivity contribution in [2.24, 2.45) is 11.8 Å². The molecule has 2 aromatic rings. The van der Waals surface area contributed by atoms with Crippen LogP contribution in [-0.4, -0.2) is 15.8 Å². The summed E-state index contributed by atoms with van der Waals surface area (Å²) in [5, 5.41) is 24.1. The van der Waals surface area contributed by atoms with E-state index in [0.717, 1.165) is 32.1 Å². The minimum Gasteiger partial charge on any atom is -0.398 e. The lowest BCUT2D eigenvalue weighted by Gasteiger charge is -2.06. The first-order valence-corrected chi connectivity index (χ1v) is 11.4. The quantitative estimate of drug-likeness (QED) is 0.269. The van der Waals surface area contributed by atoms with Crippen LogP contribution in [0.4, 0.5) is 22.7 Å². The number of carbonyl (C=O) groups excluding carboxylic acids is 1. The van der Waals surface area contributed by atoms with Crippen LogP contribution < -0.4 is 11.1 Å². The molecule has 2 aliphatic carbocycles. The summed E-state index contributed by atoms with van der Waals surface area (Å²) in [7, 11) is 0. The van der Waals surface area contributed by atoms with Gasteiger partial charge >= 0.3 is 0 Å². The zero-order chi connectivity index (χ0) is 25.4. The molecule has 180 valence electrons. The largest absolute Gasteiger partial charge is 0.398 e. The maximum Gasteiger partial charge on any atom is 0.270 e. The Bertz CT molecular complexity index is 1260. The molecule has 0 atom stereocenters. The van der Waals surface area contributed by atoms with Crippen molar-refractivity contribution in [3.05, 3.63) is 67.8 Å². The Hall–Kier alpha value is -4.37. The number of nitrogens with one attached hydrogen (secondary N) is 1. The first-order chi connectivity index (χ1) is 16.8. The lowest BCUT2D eigenvalue weighted by molar-refractivity contribution is -0.385. The van der Waals surface area contributed by atoms with E-state index in [1.54, 1.807) is 6.07 Å². The number of nitro benzene ring substituents is 2. The van der Waals surface area contributed by atoms with E-state index in [0.29, 0.717) is 40.8 Å². The summed E-state index contributed by atoms with van der Waals surface area (Å²) < 4.78 is 0. The molecule has 9 nitrogen and oxygen atoms in total. The molecular weight excluding hydrogens is 448 g/mol. The van der Waals surface area contributed by atoms with Crippen molar-refractivity contribution in [3.63, 3.8) is 0 Å². The molecule has 0 bridgehead atoms. The molecule has 2 aliphatic rings. The topological polar surface area (TPSA) is 141 Å². The number of hydrogen-bond acceptors (Lipinski definition) is 6. The molecule has 2 saturated carbocycles. The highest BCUT2D eigenvalue weighted by molar-refractivity contribution is 5.92. The molecule has 0 unspecified atom stereocenters. The Labute approximate surface area is 203 Å². The number of nitrogens with two attached hydrogens (primary N) is 1. The molecule has 0 aliphatic heterocycles. The van der Waals surface area contributed by atoms with Gasteiger partial charge in [0.05, 0.1) is 26.7 Å². The van der Waals surface area contributed by atoms with Gasteiger partial charge in [-0.15, -0.1) is 0 Å². The zero-order valence-electron chi connectivity index (χ0n) is 19.4. The van der Waals surface area contributed by atoms with Crippen LogP contribution in [0.1, 0.15) is 56.6 Å². The smallest absolute Gasteiger partial charge is 0.270 e. The molecule has 0 aromatic heterocycles. The first-order valence-electron chi connectivity index (χ1n) is 11.4. The minimum absolute atomic E-state index is 0.0152. The van der Waals surface area contributed by atoms with Crippen molar-refractivity contribution in [1.82, 2.24) is 0 Å². The van der Waals surface area contributed by atoms with E-state index < -0.39 is 9.85 Å². The summed E-state index contributed by atoms with van der Waals surface area (Å²) in [4.78, 5) is 32.1. The van der Waals surface area contributed by atoms with Crippen LogP contribution in [0.3, 0.4) is 0 Å². The van der Waals surface area contributed by atoms with Crippen molar-refractivity contribution < 1.29 is 14.6 Å². The number of nitro groups is 2. The van der Waals surface area contributed by atoms with Crippen LogP contribution in [0, 0.1) is 55.7 Å². The van der Waals surface area contributed by atoms with Crippen molar-refractivity contribution in [2.45, 2.75) is 45.4 Å². The Morgan fingerprint density at radius 2 is 1.46 bits per heavy atom. The van der Waals surface area contributed by atoms with Crippen LogP contribution in [0.5, 0.6) is 0 Å². The van der Waals surface area contributed by atoms with Crippen molar-refractivity contribution in [1.29, 1.82) is 0 Å². The summed E-state index contributed by atoms with van der Waals surface area (Å²) in [5.74, 6) is 12.7. The van der Waals surface area contributed by atoms with Gasteiger partial charge in [-0.05, 0) is 44.2 Å². The van der Waals surface area contributed by atoms with Crippen LogP contribution in [-0.2, 0) is 4.79 Å². The van der Waals surface area contributed by atoms with E-state index in [1.165, 1.54) is 30.3 Å². The normalized spacial score (nSPS) is 13.6. The number of hydrogen-bond donors (Lipinski definition) is 2. The van der Waals surface area contributed by atoms with Gasteiger partial charge in [0, 0.05) is 48.2 Å². The summed E-state index contributed by atoms with van der Waals surface area (Å²) in [6.45, 7) is 1.92. The SMILES string of the molecule is CCCC(=O)Nc1ccc([N+](=O)[O-])cc1C#CC1CC1.Nc1ccc([N+](=O)[O-])cc1C#CC1CC1. The van der Waals surface area contributed by atoms with Gasteiger partial charge in [0.2, 0.25) is 5.91 Å². The Kier molecular flexibility index (Phi) is 8.42. The fourth-order valence-electron chi connectivity index (χ4n) is 2.88. The van der Waals surface area contributed by atoms with Gasteiger partial charge in [0.15, 0.2) is 0 Å². The third-order valence-electron chi connectivity index (χ3n) is 5.19. The van der Waals surface area contributed by atoms with E-state index in [1.807, 2.05) is 6.92 Å². The third-order valence-corrected chi connectivity index (χ3v) is 5.19. The highest BCUT2D eigenvalue weighted by atomic mass is 16.6. The van der Waals surface area contributed by atoms with Gasteiger partial charge in [-0.1, -0.05) is 30.6 Å². The molecule has 0 saturated heterocycles. The monoisotopic (exact) mass is 474 g/mol. The highest BCUT2D eigenvalue weighted by Gasteiger charge is 2.19. The van der Waals surface area contributed by atoms with Gasteiger partial charge in [0.1, 0.15) is 0 Å². The molecule has 1 amide bonds. The molecule has 4 rings (SSSR count). The average molecular weight is 475 g/mol. The van der Waals surface area contributed by atoms with E-state index in [2.05, 4.69) is 29.0 Å². The zero-order valence-corrected chi connectivity index (χ0v) is 19.4. The average Bonchev–Trinajstić information content (AvgIpc) is 3.73. The van der Waals surface area contributed by atoms with E-state index in [9.17, 15) is 25.0 Å². The number of carbonyl (C=O) groups is 1. The second kappa shape index (κ2) is 11.7. The summed E-state index contributed by atoms with van der Waals surface area (Å²) in [6.07, 6.45) is 5.59. The number of benzene rings is 2. The van der Waals surface area contributed by atoms with Gasteiger partial charge in [-0.25, -0.2) is 0 Å². The molecule has 2 aromatic carbocycles. The predicted octanol–water partition coefficient (Wildman–Crippen LogP) is 5.03. The third kappa shape index (κ3) is 8.17. The van der Waals surface area contributed by atoms with Gasteiger partial charge in [-0.3, -0.25) is 25.0 Å². The first kappa shape index (κ1) is 25.3. The minimum atomic E-state index is -0.458. The van der Waals surface area contributed by atoms with Crippen molar-refractivity contribution >= 4 is 28.7 Å². The summed E-state index contributed by atoms with van der Waals surface area (Å²) >= 11 is 0. The van der Waals surface area contributed by atoms with Crippen molar-refractivity contribution in [3.8, 4) is 23.7 Å². The lowest BCUT2D eigenvalue weighted by Crippen LogP contribution is -2.11. The maximum absolute atomic E-state index is 11.6. The molecule has 0 heterocycles. The molecule has 0 radical (unpaired) electrons. The second-order valence-electron chi connectivity index (χ2n) is 8.40. The van der Waals surface area contributed by atoms with Crippen molar-refractivity contribution in [2.75, 3.05) is 11.1 Å². The van der Waals surface area contributed by atoms with E-state index >= 15 is 0 Å². The van der Waals surface area contributed by atoms with Crippen LogP contribution >= 0.6 is 0 Å². The van der Waals surface area contributed by atoms with Crippen LogP contribution in [0.25, 0.3) is 0 Å². The van der Waals surface area contributed by atoms with Gasteiger partial charge in [-0.2, -0.15) is 0 Å². The highest BCUT2D eigenvalue weighted by Crippen LogP contribution is 2.29. The Morgan fingerprint density at radius 3 is 1.97 bits per heavy atom. The standard InChI is InChI=1S/C15H16N2O3.C11H10N2O2/c1-2-3-15(18)16-14-9-8-13(17(19)20)10-12(14)7-6-11-4-5-11;12-11-6-5-10(13(14)15)7-9(11)4-3-8-1-2-8/h8-11H,2-5H2,1H3,(H,16,18);5-8H,1-2,12H2. The predicted molar refractivity (Wildman–Crippen MR) is 133 cm³/mol. The number of non-ortho nitro benzene ring substituents is 2. The van der Waals surface area contributed by atoms with Gasteiger partial charge in [0.25, 0.3) is 11.4 Å². The molecule has 9 heteroatoms. The number of amides is 1. The summed E-state index contributed by atoms with van der Waals surface area (Å²) in [6, 6.07) is 8.67. The fourth-order valence-corrected chi connectivity index (χ4v) is 2.88. The van der Waals surface area contributed by atoms with E-state index in [4.69, 9.17) is 5.73 Å². The Morgan fingerprint density at radius 1 is 0.943 bits per heavy atom. The maximum atomic E-state index is 11.6. The van der Waals surface area contributed by atoms with Crippen LogP contribution in [0.15, 0.2) is 36.4 Å². The fraction of sp³-hybridized carbons (Fsp3) is 0.346. The molecular formula is C26H26N4O5. The lowest BCUT2D eigenvalue weighted by atomic mass is 10.1. The molecule has 35 heavy (non-hydrogen) atoms. The van der Waals surface area contributed by atoms with Gasteiger partial charge < -0.3 is 11.1 Å². The number of nitrogens with zero attached hydrogens (tertiary/aromatic N) is 2. The Balaban J connectivity index is 0.000000203. The number of rotatable bonds is 5. The number of nitrogen functional groups attached to an aromatic ring is 1. The molecule has 3 N–H and O–H groups in total. The van der Waals surface area contributed by atoms with Crippen LogP contribution in [0.2, 0.25) is 0 Å². The molecule has 0 spiro atoms. The van der Waals surface area contributed by atoms with E-state index in [-0.39, 0.29) is 17.3 Å². The number of anilines is 2. The molecule has 2 fully saturated rings. The summed E-state index contributed by atoms with van der Waals surface area (Å²) in [5.41, 5.74) is 7.79. The second-order valence-corrected chi connectivity index (χ2v) is 8.40.